The lowest BCUT2D eigenvalue weighted by atomic mass is 9.89. The Hall–Kier alpha value is -0.240. The standard InChI is InChI=1S/C8H14O6/c9-7-5-13-12-4-6(7)8(10)2-1-3-11-14-8/h6-7,9-10H,1-5H2. The summed E-state index contributed by atoms with van der Waals surface area (Å²) in [6.45, 7) is 0.597. The van der Waals surface area contributed by atoms with Gasteiger partial charge in [-0.2, -0.15) is 0 Å². The van der Waals surface area contributed by atoms with Crippen LogP contribution < -0.4 is 0 Å². The van der Waals surface area contributed by atoms with Gasteiger partial charge in [0.25, 0.3) is 0 Å². The first-order chi connectivity index (χ1) is 6.72. The normalized spacial score (nSPS) is 45.0. The van der Waals surface area contributed by atoms with Crippen molar-refractivity contribution in [2.24, 2.45) is 5.92 Å². The zero-order valence-electron chi connectivity index (χ0n) is 7.72. The predicted molar refractivity (Wildman–Crippen MR) is 42.6 cm³/mol. The molecule has 2 N–H and O–H groups in total. The van der Waals surface area contributed by atoms with Gasteiger partial charge in [-0.3, -0.25) is 0 Å². The minimum absolute atomic E-state index is 0.0380. The summed E-state index contributed by atoms with van der Waals surface area (Å²) in [6, 6.07) is 0. The van der Waals surface area contributed by atoms with Gasteiger partial charge in [-0.25, -0.2) is 19.6 Å². The summed E-state index contributed by atoms with van der Waals surface area (Å²) in [5, 5.41) is 19.6. The molecule has 0 radical (unpaired) electrons. The summed E-state index contributed by atoms with van der Waals surface area (Å²) < 4.78 is 0. The molecule has 0 aliphatic carbocycles. The van der Waals surface area contributed by atoms with Gasteiger partial charge in [-0.1, -0.05) is 0 Å². The van der Waals surface area contributed by atoms with Crippen LogP contribution in [0.3, 0.4) is 0 Å². The van der Waals surface area contributed by atoms with E-state index in [1.54, 1.807) is 0 Å². The van der Waals surface area contributed by atoms with E-state index >= 15 is 0 Å². The second-order valence-corrected chi connectivity index (χ2v) is 3.60. The van der Waals surface area contributed by atoms with Crippen molar-refractivity contribution < 1.29 is 29.8 Å². The largest absolute Gasteiger partial charge is 0.390 e. The molecule has 0 aromatic heterocycles. The van der Waals surface area contributed by atoms with E-state index in [0.29, 0.717) is 19.4 Å². The molecule has 3 unspecified atom stereocenters. The van der Waals surface area contributed by atoms with Crippen LogP contribution in [0.1, 0.15) is 12.8 Å². The Labute approximate surface area is 81.2 Å². The van der Waals surface area contributed by atoms with Gasteiger partial charge < -0.3 is 10.2 Å². The minimum atomic E-state index is -1.46. The zero-order chi connectivity index (χ0) is 10.0. The van der Waals surface area contributed by atoms with Gasteiger partial charge in [0, 0.05) is 6.42 Å². The van der Waals surface area contributed by atoms with Gasteiger partial charge in [0.2, 0.25) is 5.79 Å². The van der Waals surface area contributed by atoms with E-state index in [0.717, 1.165) is 0 Å². The molecule has 0 saturated carbocycles. The molecule has 0 aromatic rings. The van der Waals surface area contributed by atoms with Crippen LogP contribution in [0, 0.1) is 5.92 Å². The SMILES string of the molecule is OC1COOCC1C1(O)CCCOO1. The van der Waals surface area contributed by atoms with Crippen LogP contribution in [0.4, 0.5) is 0 Å². The number of hydrogen-bond acceptors (Lipinski definition) is 6. The number of rotatable bonds is 1. The lowest BCUT2D eigenvalue weighted by Gasteiger charge is -2.40. The molecule has 0 amide bonds. The van der Waals surface area contributed by atoms with Crippen LogP contribution in [-0.4, -0.2) is 41.9 Å². The van der Waals surface area contributed by atoms with Gasteiger partial charge in [0.15, 0.2) is 0 Å². The van der Waals surface area contributed by atoms with Crippen molar-refractivity contribution in [1.29, 1.82) is 0 Å². The topological polar surface area (TPSA) is 77.4 Å². The van der Waals surface area contributed by atoms with Crippen LogP contribution in [0.5, 0.6) is 0 Å². The van der Waals surface area contributed by atoms with Gasteiger partial charge in [0.05, 0.1) is 25.2 Å². The Balaban J connectivity index is 2.02. The molecule has 2 fully saturated rings. The Bertz CT molecular complexity index is 190. The monoisotopic (exact) mass is 206 g/mol. The highest BCUT2D eigenvalue weighted by Crippen LogP contribution is 2.32. The second kappa shape index (κ2) is 4.09. The lowest BCUT2D eigenvalue weighted by Crippen LogP contribution is -2.53. The average Bonchev–Trinajstić information content (AvgIpc) is 2.19. The maximum Gasteiger partial charge on any atom is 0.207 e. The highest BCUT2D eigenvalue weighted by molar-refractivity contribution is 4.84. The molecule has 6 nitrogen and oxygen atoms in total. The predicted octanol–water partition coefficient (Wildman–Crippen LogP) is -0.644. The number of aliphatic hydroxyl groups excluding tert-OH is 1. The third-order valence-electron chi connectivity index (χ3n) is 2.58. The van der Waals surface area contributed by atoms with Crippen LogP contribution in [-0.2, 0) is 19.6 Å². The molecular formula is C8H14O6. The highest BCUT2D eigenvalue weighted by Gasteiger charge is 2.46. The van der Waals surface area contributed by atoms with Crippen molar-refractivity contribution in [3.05, 3.63) is 0 Å². The van der Waals surface area contributed by atoms with Crippen molar-refractivity contribution in [3.8, 4) is 0 Å². The fourth-order valence-corrected chi connectivity index (χ4v) is 1.71. The maximum absolute atomic E-state index is 10.0. The molecule has 2 heterocycles. The lowest BCUT2D eigenvalue weighted by molar-refractivity contribution is -0.476. The maximum atomic E-state index is 10.0. The first-order valence-corrected chi connectivity index (χ1v) is 4.68. The Morgan fingerprint density at radius 1 is 1.14 bits per heavy atom. The molecule has 0 spiro atoms. The smallest absolute Gasteiger partial charge is 0.207 e. The van der Waals surface area contributed by atoms with Crippen LogP contribution >= 0.6 is 0 Å². The summed E-state index contributed by atoms with van der Waals surface area (Å²) in [6.07, 6.45) is 0.328. The van der Waals surface area contributed by atoms with Gasteiger partial charge >= 0.3 is 0 Å². The van der Waals surface area contributed by atoms with Crippen molar-refractivity contribution in [3.63, 3.8) is 0 Å². The van der Waals surface area contributed by atoms with Crippen LogP contribution in [0.15, 0.2) is 0 Å². The second-order valence-electron chi connectivity index (χ2n) is 3.60. The first kappa shape index (κ1) is 10.3. The molecule has 3 atom stereocenters. The molecule has 2 saturated heterocycles. The molecule has 0 bridgehead atoms. The van der Waals surface area contributed by atoms with E-state index in [9.17, 15) is 10.2 Å². The summed E-state index contributed by atoms with van der Waals surface area (Å²) in [7, 11) is 0. The van der Waals surface area contributed by atoms with E-state index in [-0.39, 0.29) is 13.2 Å². The summed E-state index contributed by atoms with van der Waals surface area (Å²) >= 11 is 0. The molecule has 14 heavy (non-hydrogen) atoms. The Morgan fingerprint density at radius 2 is 1.93 bits per heavy atom. The van der Waals surface area contributed by atoms with Gasteiger partial charge in [0.1, 0.15) is 6.61 Å². The van der Waals surface area contributed by atoms with Crippen molar-refractivity contribution >= 4 is 0 Å². The van der Waals surface area contributed by atoms with E-state index in [2.05, 4.69) is 4.89 Å². The van der Waals surface area contributed by atoms with Crippen molar-refractivity contribution in [1.82, 2.24) is 0 Å². The van der Waals surface area contributed by atoms with E-state index in [1.807, 2.05) is 0 Å². The van der Waals surface area contributed by atoms with Crippen molar-refractivity contribution in [2.75, 3.05) is 19.8 Å². The summed E-state index contributed by atoms with van der Waals surface area (Å²) in [5.74, 6) is -1.99. The minimum Gasteiger partial charge on any atom is -0.390 e. The van der Waals surface area contributed by atoms with Crippen molar-refractivity contribution in [2.45, 2.75) is 24.7 Å². The fourth-order valence-electron chi connectivity index (χ4n) is 1.71. The average molecular weight is 206 g/mol. The van der Waals surface area contributed by atoms with Crippen LogP contribution in [0.2, 0.25) is 0 Å². The molecular weight excluding hydrogens is 192 g/mol. The third kappa shape index (κ3) is 1.90. The van der Waals surface area contributed by atoms with E-state index in [4.69, 9.17) is 14.7 Å². The summed E-state index contributed by atoms with van der Waals surface area (Å²) in [5.41, 5.74) is 0. The molecule has 2 aliphatic rings. The van der Waals surface area contributed by atoms with E-state index < -0.39 is 17.8 Å². The Morgan fingerprint density at radius 3 is 2.57 bits per heavy atom. The molecule has 82 valence electrons. The third-order valence-corrected chi connectivity index (χ3v) is 2.58. The van der Waals surface area contributed by atoms with E-state index in [1.165, 1.54) is 0 Å². The van der Waals surface area contributed by atoms with Gasteiger partial charge in [-0.15, -0.1) is 0 Å². The molecule has 2 aliphatic heterocycles. The molecule has 2 rings (SSSR count). The summed E-state index contributed by atoms with van der Waals surface area (Å²) in [4.78, 5) is 18.9. The fraction of sp³-hybridized carbons (Fsp3) is 1.00. The number of aliphatic hydroxyl groups is 2. The van der Waals surface area contributed by atoms with Gasteiger partial charge in [-0.05, 0) is 6.42 Å². The highest BCUT2D eigenvalue weighted by atomic mass is 17.2. The van der Waals surface area contributed by atoms with Crippen LogP contribution in [0.25, 0.3) is 0 Å². The number of hydrogen-bond donors (Lipinski definition) is 2. The molecule has 6 heteroatoms. The first-order valence-electron chi connectivity index (χ1n) is 4.68. The quantitative estimate of drug-likeness (QED) is 0.555. The molecule has 0 aromatic carbocycles. The zero-order valence-corrected chi connectivity index (χ0v) is 7.72. The Kier molecular flexibility index (Phi) is 3.01.